The third kappa shape index (κ3) is 3.21. The van der Waals surface area contributed by atoms with Crippen molar-refractivity contribution in [3.63, 3.8) is 0 Å². The van der Waals surface area contributed by atoms with Crippen LogP contribution in [0.2, 0.25) is 0 Å². The molecule has 0 saturated heterocycles. The third-order valence-corrected chi connectivity index (χ3v) is 7.42. The molecule has 20 heavy (non-hydrogen) atoms. The first-order chi connectivity index (χ1) is 9.39. The molecule has 1 fully saturated rings. The number of hydrogen-bond acceptors (Lipinski definition) is 4. The van der Waals surface area contributed by atoms with Crippen LogP contribution < -0.4 is 10.5 Å². The average molecular weight is 333 g/mol. The van der Waals surface area contributed by atoms with Gasteiger partial charge < -0.3 is 5.73 Å². The van der Waals surface area contributed by atoms with Crippen LogP contribution in [0.1, 0.15) is 39.0 Å². The molecule has 112 valence electrons. The Hall–Kier alpha value is -0.500. The number of nitrogens with one attached hydrogen (secondary N) is 1. The number of nitrogens with two attached hydrogens (primary N) is 1. The van der Waals surface area contributed by atoms with E-state index in [0.717, 1.165) is 19.3 Å². The highest BCUT2D eigenvalue weighted by molar-refractivity contribution is 7.91. The van der Waals surface area contributed by atoms with Crippen molar-refractivity contribution in [2.75, 3.05) is 0 Å². The monoisotopic (exact) mass is 332 g/mol. The molecule has 1 aromatic rings. The molecular formula is C13H20N2O2S3. The molecule has 0 aromatic carbocycles. The first kappa shape index (κ1) is 15.9. The molecule has 0 aliphatic heterocycles. The molecule has 0 radical (unpaired) electrons. The topological polar surface area (TPSA) is 72.2 Å². The highest BCUT2D eigenvalue weighted by atomic mass is 32.2. The molecule has 3 N–H and O–H groups in total. The van der Waals surface area contributed by atoms with Gasteiger partial charge in [-0.3, -0.25) is 0 Å². The second kappa shape index (κ2) is 6.09. The third-order valence-electron chi connectivity index (χ3n) is 4.10. The summed E-state index contributed by atoms with van der Waals surface area (Å²) >= 11 is 6.35. The highest BCUT2D eigenvalue weighted by Crippen LogP contribution is 2.35. The van der Waals surface area contributed by atoms with Crippen molar-refractivity contribution in [1.82, 2.24) is 4.72 Å². The Morgan fingerprint density at radius 1 is 1.55 bits per heavy atom. The fourth-order valence-corrected chi connectivity index (χ4v) is 5.45. The van der Waals surface area contributed by atoms with E-state index in [1.165, 1.54) is 11.3 Å². The molecule has 1 aliphatic carbocycles. The zero-order chi connectivity index (χ0) is 14.8. The molecule has 0 bridgehead atoms. The number of rotatable bonds is 5. The smallest absolute Gasteiger partial charge is 0.250 e. The normalized spacial score (nSPS) is 27.4. The molecule has 7 heteroatoms. The largest absolute Gasteiger partial charge is 0.392 e. The minimum atomic E-state index is -3.54. The maximum atomic E-state index is 12.4. The van der Waals surface area contributed by atoms with Crippen LogP contribution in [0, 0.1) is 5.92 Å². The van der Waals surface area contributed by atoms with E-state index in [0.29, 0.717) is 23.0 Å². The summed E-state index contributed by atoms with van der Waals surface area (Å²) < 4.78 is 27.9. The van der Waals surface area contributed by atoms with Crippen molar-refractivity contribution in [2.24, 2.45) is 11.7 Å². The molecule has 2 rings (SSSR count). The van der Waals surface area contributed by atoms with Gasteiger partial charge in [-0.05, 0) is 43.0 Å². The van der Waals surface area contributed by atoms with Gasteiger partial charge in [0.15, 0.2) is 0 Å². The number of hydrogen-bond donors (Lipinski definition) is 2. The zero-order valence-electron chi connectivity index (χ0n) is 11.5. The second-order valence-corrected chi connectivity index (χ2v) is 8.63. The number of sulfonamides is 1. The van der Waals surface area contributed by atoms with Gasteiger partial charge in [-0.1, -0.05) is 31.6 Å². The minimum absolute atomic E-state index is 0.257. The Morgan fingerprint density at radius 3 is 2.65 bits per heavy atom. The quantitative estimate of drug-likeness (QED) is 0.813. The Balaban J connectivity index is 2.21. The SMILES string of the molecule is CCC1CCC(NS(=O)(=O)c2cccs2)(C(N)=S)CC1. The maximum absolute atomic E-state index is 12.4. The van der Waals surface area contributed by atoms with Crippen LogP contribution in [0.15, 0.2) is 21.7 Å². The Morgan fingerprint density at radius 2 is 2.20 bits per heavy atom. The second-order valence-electron chi connectivity index (χ2n) is 5.34. The first-order valence-corrected chi connectivity index (χ1v) is 9.54. The van der Waals surface area contributed by atoms with E-state index in [4.69, 9.17) is 18.0 Å². The van der Waals surface area contributed by atoms with E-state index < -0.39 is 15.6 Å². The van der Waals surface area contributed by atoms with Crippen molar-refractivity contribution in [3.05, 3.63) is 17.5 Å². The van der Waals surface area contributed by atoms with Crippen LogP contribution in [0.3, 0.4) is 0 Å². The predicted octanol–water partition coefficient (Wildman–Crippen LogP) is 2.65. The van der Waals surface area contributed by atoms with Crippen molar-refractivity contribution >= 4 is 38.6 Å². The van der Waals surface area contributed by atoms with Gasteiger partial charge in [-0.25, -0.2) is 8.42 Å². The van der Waals surface area contributed by atoms with Crippen molar-refractivity contribution in [3.8, 4) is 0 Å². The molecule has 0 spiro atoms. The van der Waals surface area contributed by atoms with Crippen LogP contribution >= 0.6 is 23.6 Å². The summed E-state index contributed by atoms with van der Waals surface area (Å²) in [4.78, 5) is 0.257. The lowest BCUT2D eigenvalue weighted by Crippen LogP contribution is -2.58. The van der Waals surface area contributed by atoms with Crippen molar-refractivity contribution in [1.29, 1.82) is 0 Å². The van der Waals surface area contributed by atoms with Crippen LogP contribution in [0.25, 0.3) is 0 Å². The summed E-state index contributed by atoms with van der Waals surface area (Å²) in [6, 6.07) is 3.32. The van der Waals surface area contributed by atoms with Crippen LogP contribution in [-0.2, 0) is 10.0 Å². The standard InChI is InChI=1S/C13H20N2O2S3/c1-2-10-5-7-13(8-6-10,12(14)18)15-20(16,17)11-4-3-9-19-11/h3-4,9-10,15H,2,5-8H2,1H3,(H2,14,18). The Labute approximate surface area is 129 Å². The lowest BCUT2D eigenvalue weighted by atomic mass is 9.76. The van der Waals surface area contributed by atoms with Crippen molar-refractivity contribution in [2.45, 2.75) is 48.8 Å². The molecule has 1 aliphatic rings. The fraction of sp³-hybridized carbons (Fsp3) is 0.615. The lowest BCUT2D eigenvalue weighted by Gasteiger charge is -2.39. The van der Waals surface area contributed by atoms with Gasteiger partial charge in [0, 0.05) is 0 Å². The predicted molar refractivity (Wildman–Crippen MR) is 86.4 cm³/mol. The molecule has 0 unspecified atom stereocenters. The number of thiocarbonyl (C=S) groups is 1. The van der Waals surface area contributed by atoms with E-state index >= 15 is 0 Å². The van der Waals surface area contributed by atoms with Gasteiger partial charge >= 0.3 is 0 Å². The summed E-state index contributed by atoms with van der Waals surface area (Å²) in [5, 5.41) is 1.75. The van der Waals surface area contributed by atoms with Crippen LogP contribution in [-0.4, -0.2) is 18.9 Å². The molecule has 1 saturated carbocycles. The van der Waals surface area contributed by atoms with Gasteiger partial charge in [0.25, 0.3) is 10.0 Å². The number of thiophene rings is 1. The Bertz CT molecular complexity index is 558. The van der Waals surface area contributed by atoms with Gasteiger partial charge in [-0.2, -0.15) is 4.72 Å². The lowest BCUT2D eigenvalue weighted by molar-refractivity contribution is 0.269. The fourth-order valence-electron chi connectivity index (χ4n) is 2.70. The minimum Gasteiger partial charge on any atom is -0.392 e. The molecular weight excluding hydrogens is 312 g/mol. The van der Waals surface area contributed by atoms with E-state index in [-0.39, 0.29) is 4.99 Å². The molecule has 0 amide bonds. The van der Waals surface area contributed by atoms with E-state index in [9.17, 15) is 8.42 Å². The van der Waals surface area contributed by atoms with Crippen LogP contribution in [0.5, 0.6) is 0 Å². The summed E-state index contributed by atoms with van der Waals surface area (Å²) in [5.74, 6) is 0.642. The summed E-state index contributed by atoms with van der Waals surface area (Å²) in [7, 11) is -3.54. The van der Waals surface area contributed by atoms with Crippen LogP contribution in [0.4, 0.5) is 0 Å². The molecule has 1 aromatic heterocycles. The van der Waals surface area contributed by atoms with Gasteiger partial charge in [0.1, 0.15) is 4.21 Å². The van der Waals surface area contributed by atoms with E-state index in [2.05, 4.69) is 11.6 Å². The molecule has 0 atom stereocenters. The first-order valence-electron chi connectivity index (χ1n) is 6.77. The maximum Gasteiger partial charge on any atom is 0.250 e. The highest BCUT2D eigenvalue weighted by Gasteiger charge is 2.41. The van der Waals surface area contributed by atoms with E-state index in [1.54, 1.807) is 17.5 Å². The van der Waals surface area contributed by atoms with Gasteiger partial charge in [0.2, 0.25) is 0 Å². The molecule has 1 heterocycles. The van der Waals surface area contributed by atoms with Gasteiger partial charge in [0.05, 0.1) is 10.5 Å². The Kier molecular flexibility index (Phi) is 4.84. The zero-order valence-corrected chi connectivity index (χ0v) is 13.9. The summed E-state index contributed by atoms with van der Waals surface area (Å²) in [6.07, 6.45) is 4.41. The average Bonchev–Trinajstić information content (AvgIpc) is 2.93. The molecule has 4 nitrogen and oxygen atoms in total. The van der Waals surface area contributed by atoms with Crippen molar-refractivity contribution < 1.29 is 8.42 Å². The van der Waals surface area contributed by atoms with Gasteiger partial charge in [-0.15, -0.1) is 11.3 Å². The summed E-state index contributed by atoms with van der Waals surface area (Å²) in [5.41, 5.74) is 5.10. The van der Waals surface area contributed by atoms with E-state index in [1.807, 2.05) is 0 Å². The summed E-state index contributed by atoms with van der Waals surface area (Å²) in [6.45, 7) is 2.16.